The number of hydrogen-bond acceptors (Lipinski definition) is 4. The van der Waals surface area contributed by atoms with Crippen molar-refractivity contribution >= 4 is 17.0 Å². The minimum Gasteiger partial charge on any atom is -0.465 e. The maximum atomic E-state index is 11.5. The summed E-state index contributed by atoms with van der Waals surface area (Å²) in [6.07, 6.45) is 0. The van der Waals surface area contributed by atoms with Gasteiger partial charge < -0.3 is 9.30 Å². The van der Waals surface area contributed by atoms with Gasteiger partial charge in [0.15, 0.2) is 0 Å². The minimum atomic E-state index is -0.319. The summed E-state index contributed by atoms with van der Waals surface area (Å²) >= 11 is 0. The lowest BCUT2D eigenvalue weighted by Crippen LogP contribution is -2.30. The molecule has 0 N–H and O–H groups in total. The molecule has 0 saturated carbocycles. The molecule has 0 spiro atoms. The number of ether oxygens (including phenoxy) is 1. The van der Waals surface area contributed by atoms with E-state index < -0.39 is 0 Å². The van der Waals surface area contributed by atoms with Gasteiger partial charge in [0, 0.05) is 13.1 Å². The van der Waals surface area contributed by atoms with E-state index in [2.05, 4.69) is 21.5 Å². The predicted octanol–water partition coefficient (Wildman–Crippen LogP) is 1.27. The van der Waals surface area contributed by atoms with E-state index in [0.29, 0.717) is 5.56 Å². The SMILES string of the molecule is COC(=O)c1ccc2c(c1)nc1n2CCN(C)C1. The first-order valence-electron chi connectivity index (χ1n) is 5.95. The van der Waals surface area contributed by atoms with Gasteiger partial charge >= 0.3 is 5.97 Å². The highest BCUT2D eigenvalue weighted by atomic mass is 16.5. The molecule has 18 heavy (non-hydrogen) atoms. The van der Waals surface area contributed by atoms with Crippen LogP contribution in [-0.2, 0) is 17.8 Å². The van der Waals surface area contributed by atoms with Crippen LogP contribution in [0.25, 0.3) is 11.0 Å². The molecule has 1 aromatic carbocycles. The molecule has 2 aromatic rings. The fourth-order valence-corrected chi connectivity index (χ4v) is 2.39. The quantitative estimate of drug-likeness (QED) is 0.710. The molecule has 1 aliphatic heterocycles. The van der Waals surface area contributed by atoms with E-state index in [1.807, 2.05) is 6.07 Å². The van der Waals surface area contributed by atoms with Gasteiger partial charge in [0.2, 0.25) is 0 Å². The third kappa shape index (κ3) is 1.67. The highest BCUT2D eigenvalue weighted by molar-refractivity contribution is 5.93. The van der Waals surface area contributed by atoms with Crippen LogP contribution in [0.2, 0.25) is 0 Å². The van der Waals surface area contributed by atoms with Gasteiger partial charge in [-0.2, -0.15) is 0 Å². The number of fused-ring (bicyclic) bond motifs is 3. The van der Waals surface area contributed by atoms with Crippen molar-refractivity contribution in [2.75, 3.05) is 20.7 Å². The Morgan fingerprint density at radius 1 is 1.39 bits per heavy atom. The molecule has 1 aliphatic rings. The number of imidazole rings is 1. The van der Waals surface area contributed by atoms with Gasteiger partial charge in [-0.05, 0) is 25.2 Å². The highest BCUT2D eigenvalue weighted by Gasteiger charge is 2.18. The summed E-state index contributed by atoms with van der Waals surface area (Å²) in [7, 11) is 3.47. The normalized spacial score (nSPS) is 15.7. The number of carbonyl (C=O) groups is 1. The largest absolute Gasteiger partial charge is 0.465 e. The van der Waals surface area contributed by atoms with E-state index in [1.165, 1.54) is 7.11 Å². The fourth-order valence-electron chi connectivity index (χ4n) is 2.39. The first-order valence-corrected chi connectivity index (χ1v) is 5.95. The molecule has 0 atom stereocenters. The van der Waals surface area contributed by atoms with Crippen molar-refractivity contribution < 1.29 is 9.53 Å². The summed E-state index contributed by atoms with van der Waals surface area (Å²) in [6, 6.07) is 5.54. The Labute approximate surface area is 105 Å². The molecule has 3 rings (SSSR count). The summed E-state index contributed by atoms with van der Waals surface area (Å²) < 4.78 is 6.94. The Hall–Kier alpha value is -1.88. The molecule has 0 bridgehead atoms. The van der Waals surface area contributed by atoms with Gasteiger partial charge in [-0.3, -0.25) is 4.90 Å². The van der Waals surface area contributed by atoms with Crippen LogP contribution in [0.4, 0.5) is 0 Å². The van der Waals surface area contributed by atoms with Gasteiger partial charge in [0.1, 0.15) is 5.82 Å². The Bertz CT molecular complexity index is 618. The first kappa shape index (κ1) is 11.2. The van der Waals surface area contributed by atoms with Crippen molar-refractivity contribution in [2.45, 2.75) is 13.1 Å². The molecule has 94 valence electrons. The molecule has 0 radical (unpaired) electrons. The molecule has 0 unspecified atom stereocenters. The molecule has 0 fully saturated rings. The Kier molecular flexibility index (Phi) is 2.56. The second kappa shape index (κ2) is 4.10. The van der Waals surface area contributed by atoms with Gasteiger partial charge in [0.05, 0.1) is 30.3 Å². The highest BCUT2D eigenvalue weighted by Crippen LogP contribution is 2.21. The molecule has 5 nitrogen and oxygen atoms in total. The topological polar surface area (TPSA) is 47.4 Å². The summed E-state index contributed by atoms with van der Waals surface area (Å²) in [5.41, 5.74) is 2.50. The number of likely N-dealkylation sites (N-methyl/N-ethyl adjacent to an activating group) is 1. The lowest BCUT2D eigenvalue weighted by Gasteiger charge is -2.23. The third-order valence-electron chi connectivity index (χ3n) is 3.37. The zero-order valence-electron chi connectivity index (χ0n) is 10.5. The van der Waals surface area contributed by atoms with E-state index >= 15 is 0 Å². The predicted molar refractivity (Wildman–Crippen MR) is 67.4 cm³/mol. The molecule has 5 heteroatoms. The van der Waals surface area contributed by atoms with E-state index in [9.17, 15) is 4.79 Å². The third-order valence-corrected chi connectivity index (χ3v) is 3.37. The van der Waals surface area contributed by atoms with Crippen molar-refractivity contribution in [3.8, 4) is 0 Å². The van der Waals surface area contributed by atoms with Crippen LogP contribution in [0.5, 0.6) is 0 Å². The second-order valence-corrected chi connectivity index (χ2v) is 4.61. The summed E-state index contributed by atoms with van der Waals surface area (Å²) in [6.45, 7) is 2.82. The van der Waals surface area contributed by atoms with Crippen LogP contribution in [0.3, 0.4) is 0 Å². The number of methoxy groups -OCH3 is 1. The number of rotatable bonds is 1. The van der Waals surface area contributed by atoms with Crippen molar-refractivity contribution in [3.05, 3.63) is 29.6 Å². The molecule has 0 saturated heterocycles. The second-order valence-electron chi connectivity index (χ2n) is 4.61. The van der Waals surface area contributed by atoms with Crippen LogP contribution in [0.1, 0.15) is 16.2 Å². The molecule has 2 heterocycles. The van der Waals surface area contributed by atoms with Crippen molar-refractivity contribution in [2.24, 2.45) is 0 Å². The van der Waals surface area contributed by atoms with Crippen LogP contribution in [0.15, 0.2) is 18.2 Å². The van der Waals surface area contributed by atoms with E-state index in [1.54, 1.807) is 12.1 Å². The van der Waals surface area contributed by atoms with Gasteiger partial charge in [0.25, 0.3) is 0 Å². The van der Waals surface area contributed by atoms with E-state index in [4.69, 9.17) is 4.74 Å². The number of hydrogen-bond donors (Lipinski definition) is 0. The van der Waals surface area contributed by atoms with Gasteiger partial charge in [-0.25, -0.2) is 9.78 Å². The Balaban J connectivity index is 2.11. The van der Waals surface area contributed by atoms with Crippen LogP contribution in [-0.4, -0.2) is 41.1 Å². The van der Waals surface area contributed by atoms with Gasteiger partial charge in [-0.15, -0.1) is 0 Å². The molecule has 1 aromatic heterocycles. The Morgan fingerprint density at radius 3 is 3.00 bits per heavy atom. The minimum absolute atomic E-state index is 0.319. The number of nitrogens with zero attached hydrogens (tertiary/aromatic N) is 3. The van der Waals surface area contributed by atoms with Gasteiger partial charge in [-0.1, -0.05) is 0 Å². The maximum Gasteiger partial charge on any atom is 0.337 e. The standard InChI is InChI=1S/C13H15N3O2/c1-15-5-6-16-11-4-3-9(13(17)18-2)7-10(11)14-12(16)8-15/h3-4,7H,5-6,8H2,1-2H3. The van der Waals surface area contributed by atoms with Crippen molar-refractivity contribution in [3.63, 3.8) is 0 Å². The monoisotopic (exact) mass is 245 g/mol. The average Bonchev–Trinajstić information content (AvgIpc) is 2.73. The zero-order chi connectivity index (χ0) is 12.7. The fraction of sp³-hybridized carbons (Fsp3) is 0.385. The molecular formula is C13H15N3O2. The number of benzene rings is 1. The van der Waals surface area contributed by atoms with Crippen LogP contribution >= 0.6 is 0 Å². The molecule has 0 amide bonds. The van der Waals surface area contributed by atoms with Crippen LogP contribution < -0.4 is 0 Å². The number of esters is 1. The number of carbonyl (C=O) groups excluding carboxylic acids is 1. The number of aromatic nitrogens is 2. The summed E-state index contributed by atoms with van der Waals surface area (Å²) in [4.78, 5) is 18.3. The Morgan fingerprint density at radius 2 is 2.22 bits per heavy atom. The zero-order valence-corrected chi connectivity index (χ0v) is 10.5. The lowest BCUT2D eigenvalue weighted by atomic mass is 10.2. The molecule has 0 aliphatic carbocycles. The van der Waals surface area contributed by atoms with E-state index in [0.717, 1.165) is 36.5 Å². The average molecular weight is 245 g/mol. The van der Waals surface area contributed by atoms with E-state index in [-0.39, 0.29) is 5.97 Å². The maximum absolute atomic E-state index is 11.5. The smallest absolute Gasteiger partial charge is 0.337 e. The van der Waals surface area contributed by atoms with Crippen molar-refractivity contribution in [1.82, 2.24) is 14.5 Å². The first-order chi connectivity index (χ1) is 8.69. The molecular weight excluding hydrogens is 230 g/mol. The summed E-state index contributed by atoms with van der Waals surface area (Å²) in [5, 5.41) is 0. The summed E-state index contributed by atoms with van der Waals surface area (Å²) in [5.74, 6) is 0.737. The lowest BCUT2D eigenvalue weighted by molar-refractivity contribution is 0.0601. The van der Waals surface area contributed by atoms with Crippen molar-refractivity contribution in [1.29, 1.82) is 0 Å². The van der Waals surface area contributed by atoms with Crippen LogP contribution in [0, 0.1) is 0 Å².